The molecule has 0 saturated heterocycles. The molecule has 192 valence electrons. The average Bonchev–Trinajstić information content (AvgIpc) is 3.39. The van der Waals surface area contributed by atoms with E-state index in [-0.39, 0.29) is 42.7 Å². The van der Waals surface area contributed by atoms with E-state index >= 15 is 0 Å². The van der Waals surface area contributed by atoms with Crippen molar-refractivity contribution in [2.24, 2.45) is 5.92 Å². The third kappa shape index (κ3) is 5.97. The summed E-state index contributed by atoms with van der Waals surface area (Å²) in [5, 5.41) is 13.0. The Morgan fingerprint density at radius 1 is 1.31 bits per heavy atom. The van der Waals surface area contributed by atoms with Crippen LogP contribution in [0.25, 0.3) is 5.57 Å². The number of hydrogen-bond donors (Lipinski definition) is 2. The van der Waals surface area contributed by atoms with Crippen molar-refractivity contribution in [2.45, 2.75) is 83.4 Å². The van der Waals surface area contributed by atoms with Crippen LogP contribution in [0.5, 0.6) is 5.88 Å². The van der Waals surface area contributed by atoms with Gasteiger partial charge in [0.05, 0.1) is 19.2 Å². The lowest BCUT2D eigenvalue weighted by Crippen LogP contribution is -2.52. The molecule has 1 aromatic rings. The zero-order chi connectivity index (χ0) is 24.9. The second-order valence-electron chi connectivity index (χ2n) is 10.5. The van der Waals surface area contributed by atoms with Crippen LogP contribution in [-0.4, -0.2) is 76.8 Å². The quantitative estimate of drug-likeness (QED) is 0.640. The first-order valence-electron chi connectivity index (χ1n) is 13.2. The number of urea groups is 1. The van der Waals surface area contributed by atoms with Gasteiger partial charge in [0, 0.05) is 31.7 Å². The molecule has 2 heterocycles. The van der Waals surface area contributed by atoms with E-state index in [1.165, 1.54) is 12.0 Å². The fourth-order valence-corrected chi connectivity index (χ4v) is 5.30. The van der Waals surface area contributed by atoms with Crippen LogP contribution in [-0.2, 0) is 0 Å². The lowest BCUT2D eigenvalue weighted by atomic mass is 9.93. The van der Waals surface area contributed by atoms with E-state index in [0.717, 1.165) is 50.5 Å². The summed E-state index contributed by atoms with van der Waals surface area (Å²) < 4.78 is 6.35. The van der Waals surface area contributed by atoms with Crippen molar-refractivity contribution >= 4 is 17.5 Å². The molecular weight excluding hydrogens is 444 g/mol. The van der Waals surface area contributed by atoms with Crippen molar-refractivity contribution in [3.63, 3.8) is 0 Å². The van der Waals surface area contributed by atoms with Crippen LogP contribution >= 0.6 is 0 Å². The van der Waals surface area contributed by atoms with E-state index in [0.29, 0.717) is 24.5 Å². The van der Waals surface area contributed by atoms with Crippen molar-refractivity contribution in [1.82, 2.24) is 20.1 Å². The predicted octanol–water partition coefficient (Wildman–Crippen LogP) is 3.84. The Labute approximate surface area is 208 Å². The standard InChI is InChI=1S/C27H40N4O4/c1-18-15-31(19(2)17-32)26(33)23-13-21(20-9-5-4-6-10-20)14-28-25(23)35-24(18)16-30(3)27(34)29-22-11-7-8-12-22/h9,13-14,18-19,22,24,32H,4-8,10-12,15-17H2,1-3H3,(H,29,34)/t18-,19-,24+/m1/s1. The maximum atomic E-state index is 13.6. The van der Waals surface area contributed by atoms with E-state index in [2.05, 4.69) is 16.4 Å². The summed E-state index contributed by atoms with van der Waals surface area (Å²) >= 11 is 0. The van der Waals surface area contributed by atoms with Crippen LogP contribution in [0.2, 0.25) is 0 Å². The van der Waals surface area contributed by atoms with Crippen LogP contribution in [0, 0.1) is 5.92 Å². The summed E-state index contributed by atoms with van der Waals surface area (Å²) in [6, 6.07) is 1.70. The number of amides is 3. The zero-order valence-corrected chi connectivity index (χ0v) is 21.3. The molecular formula is C27H40N4O4. The Balaban J connectivity index is 1.59. The summed E-state index contributed by atoms with van der Waals surface area (Å²) in [6.45, 7) is 4.55. The maximum absolute atomic E-state index is 13.6. The van der Waals surface area contributed by atoms with Gasteiger partial charge in [-0.15, -0.1) is 0 Å². The Hall–Kier alpha value is -2.61. The van der Waals surface area contributed by atoms with Crippen LogP contribution in [0.3, 0.4) is 0 Å². The highest BCUT2D eigenvalue weighted by Crippen LogP contribution is 2.32. The van der Waals surface area contributed by atoms with Gasteiger partial charge < -0.3 is 25.0 Å². The first kappa shape index (κ1) is 25.5. The molecule has 35 heavy (non-hydrogen) atoms. The Morgan fingerprint density at radius 2 is 2.09 bits per heavy atom. The fourth-order valence-electron chi connectivity index (χ4n) is 5.30. The van der Waals surface area contributed by atoms with Gasteiger partial charge in [-0.25, -0.2) is 9.78 Å². The summed E-state index contributed by atoms with van der Waals surface area (Å²) in [6.07, 6.45) is 12.4. The molecule has 0 bridgehead atoms. The fraction of sp³-hybridized carbons (Fsp3) is 0.667. The smallest absolute Gasteiger partial charge is 0.317 e. The number of rotatable bonds is 6. The summed E-state index contributed by atoms with van der Waals surface area (Å²) in [5.74, 6) is 0.0572. The van der Waals surface area contributed by atoms with Crippen molar-refractivity contribution in [2.75, 3.05) is 26.7 Å². The summed E-state index contributed by atoms with van der Waals surface area (Å²) in [7, 11) is 1.78. The van der Waals surface area contributed by atoms with Gasteiger partial charge in [-0.2, -0.15) is 0 Å². The second kappa shape index (κ2) is 11.4. The molecule has 0 aromatic carbocycles. The van der Waals surface area contributed by atoms with Gasteiger partial charge in [-0.05, 0) is 62.7 Å². The monoisotopic (exact) mass is 484 g/mol. The molecule has 3 aliphatic rings. The Bertz CT molecular complexity index is 943. The minimum atomic E-state index is -0.346. The number of carbonyl (C=O) groups is 2. The second-order valence-corrected chi connectivity index (χ2v) is 10.5. The van der Waals surface area contributed by atoms with Crippen LogP contribution in [0.15, 0.2) is 18.3 Å². The highest BCUT2D eigenvalue weighted by Gasteiger charge is 2.35. The molecule has 3 atom stereocenters. The molecule has 0 spiro atoms. The molecule has 4 rings (SSSR count). The predicted molar refractivity (Wildman–Crippen MR) is 135 cm³/mol. The number of aliphatic hydroxyl groups excluding tert-OH is 1. The number of likely N-dealkylation sites (N-methyl/N-ethyl adjacent to an activating group) is 1. The number of ether oxygens (including phenoxy) is 1. The SMILES string of the molecule is C[C@@H]1CN([C@H](C)CO)C(=O)c2cc(C3=CCCCC3)cnc2O[C@H]1CN(C)C(=O)NC1CCCC1. The molecule has 3 amide bonds. The largest absolute Gasteiger partial charge is 0.472 e. The van der Waals surface area contributed by atoms with Gasteiger partial charge in [0.2, 0.25) is 5.88 Å². The minimum Gasteiger partial charge on any atom is -0.472 e. The third-order valence-corrected chi connectivity index (χ3v) is 7.67. The van der Waals surface area contributed by atoms with E-state index < -0.39 is 0 Å². The minimum absolute atomic E-state index is 0.0645. The van der Waals surface area contributed by atoms with Gasteiger partial charge in [0.15, 0.2) is 0 Å². The highest BCUT2D eigenvalue weighted by atomic mass is 16.5. The van der Waals surface area contributed by atoms with Gasteiger partial charge in [-0.1, -0.05) is 25.8 Å². The van der Waals surface area contributed by atoms with Gasteiger partial charge >= 0.3 is 6.03 Å². The Kier molecular flexibility index (Phi) is 8.31. The third-order valence-electron chi connectivity index (χ3n) is 7.67. The molecule has 1 aliphatic heterocycles. The molecule has 1 fully saturated rings. The number of carbonyl (C=O) groups excluding carboxylic acids is 2. The zero-order valence-electron chi connectivity index (χ0n) is 21.3. The summed E-state index contributed by atoms with van der Waals surface area (Å²) in [5.41, 5.74) is 2.59. The summed E-state index contributed by atoms with van der Waals surface area (Å²) in [4.78, 5) is 34.4. The lowest BCUT2D eigenvalue weighted by Gasteiger charge is -2.38. The number of pyridine rings is 1. The van der Waals surface area contributed by atoms with Crippen LogP contribution in [0.4, 0.5) is 4.79 Å². The molecule has 1 saturated carbocycles. The maximum Gasteiger partial charge on any atom is 0.317 e. The van der Waals surface area contributed by atoms with Gasteiger partial charge in [0.25, 0.3) is 5.91 Å². The van der Waals surface area contributed by atoms with Crippen molar-refractivity contribution < 1.29 is 19.4 Å². The van der Waals surface area contributed by atoms with Crippen molar-refractivity contribution in [1.29, 1.82) is 0 Å². The number of fused-ring (bicyclic) bond motifs is 1. The number of nitrogens with one attached hydrogen (secondary N) is 1. The normalized spacial score (nSPS) is 24.1. The van der Waals surface area contributed by atoms with Gasteiger partial charge in [0.1, 0.15) is 11.7 Å². The van der Waals surface area contributed by atoms with Crippen LogP contribution in [0.1, 0.15) is 81.1 Å². The van der Waals surface area contributed by atoms with Crippen molar-refractivity contribution in [3.05, 3.63) is 29.5 Å². The molecule has 0 radical (unpaired) electrons. The van der Waals surface area contributed by atoms with E-state index in [4.69, 9.17) is 4.74 Å². The topological polar surface area (TPSA) is 95.0 Å². The average molecular weight is 485 g/mol. The van der Waals surface area contributed by atoms with E-state index in [1.807, 2.05) is 19.9 Å². The Morgan fingerprint density at radius 3 is 2.77 bits per heavy atom. The van der Waals surface area contributed by atoms with Crippen molar-refractivity contribution in [3.8, 4) is 5.88 Å². The molecule has 8 nitrogen and oxygen atoms in total. The molecule has 8 heteroatoms. The first-order chi connectivity index (χ1) is 16.9. The number of aromatic nitrogens is 1. The number of aliphatic hydroxyl groups is 1. The lowest BCUT2D eigenvalue weighted by molar-refractivity contribution is 0.0351. The van der Waals surface area contributed by atoms with Crippen LogP contribution < -0.4 is 10.1 Å². The number of nitrogens with zero attached hydrogens (tertiary/aromatic N) is 3. The molecule has 1 aromatic heterocycles. The number of hydrogen-bond acceptors (Lipinski definition) is 5. The molecule has 2 aliphatic carbocycles. The van der Waals surface area contributed by atoms with Gasteiger partial charge in [-0.3, -0.25) is 4.79 Å². The molecule has 2 N–H and O–H groups in total. The molecule has 0 unspecified atom stereocenters. The number of allylic oxidation sites excluding steroid dienone is 2. The van der Waals surface area contributed by atoms with E-state index in [9.17, 15) is 14.7 Å². The van der Waals surface area contributed by atoms with E-state index in [1.54, 1.807) is 23.0 Å². The first-order valence-corrected chi connectivity index (χ1v) is 13.2. The highest BCUT2D eigenvalue weighted by molar-refractivity contribution is 5.97.